The summed E-state index contributed by atoms with van der Waals surface area (Å²) in [5.41, 5.74) is 0. The smallest absolute Gasteiger partial charge is 0.304 e. The zero-order chi connectivity index (χ0) is 3.41. The Bertz CT molecular complexity index is 18.9. The summed E-state index contributed by atoms with van der Waals surface area (Å²) in [4.78, 5) is 11.6. The van der Waals surface area contributed by atoms with Gasteiger partial charge < -0.3 is 4.89 Å². The van der Waals surface area contributed by atoms with Gasteiger partial charge in [-0.15, -0.1) is 0 Å². The van der Waals surface area contributed by atoms with E-state index in [0.717, 1.165) is 0 Å². The molecular formula is C2H6O3. The summed E-state index contributed by atoms with van der Waals surface area (Å²) in [6, 6.07) is 0. The topological polar surface area (TPSA) is 46.5 Å². The van der Waals surface area contributed by atoms with Gasteiger partial charge in [-0.3, -0.25) is 4.79 Å². The molecule has 32 valence electrons. The second-order valence-electron chi connectivity index (χ2n) is 0.202. The molecule has 0 aromatic carbocycles. The van der Waals surface area contributed by atoms with Crippen LogP contribution in [-0.4, -0.2) is 11.7 Å². The van der Waals surface area contributed by atoms with Crippen molar-refractivity contribution in [3.63, 3.8) is 0 Å². The predicted molar refractivity (Wildman–Crippen MR) is 16.5 cm³/mol. The molecular weight excluding hydrogens is 72.0 g/mol. The Morgan fingerprint density at radius 3 is 2.00 bits per heavy atom. The number of hydrogen-bond acceptors (Lipinski definition) is 3. The SMILES string of the molecule is C.O=COO. The number of carbonyl (C=O) groups excluding carboxylic acids is 1. The third kappa shape index (κ3) is 37.9. The summed E-state index contributed by atoms with van der Waals surface area (Å²) in [6.07, 6.45) is 0. The minimum atomic E-state index is -0.0694. The van der Waals surface area contributed by atoms with E-state index in [9.17, 15) is 0 Å². The fraction of sp³-hybridized carbons (Fsp3) is 0.500. The van der Waals surface area contributed by atoms with Crippen LogP contribution < -0.4 is 0 Å². The molecule has 0 heterocycles. The van der Waals surface area contributed by atoms with Gasteiger partial charge in [-0.2, -0.15) is 0 Å². The summed E-state index contributed by atoms with van der Waals surface area (Å²) in [7, 11) is 0. The highest BCUT2D eigenvalue weighted by Gasteiger charge is 1.47. The lowest BCUT2D eigenvalue weighted by atomic mass is 11.7. The van der Waals surface area contributed by atoms with Crippen molar-refractivity contribution in [3.05, 3.63) is 0 Å². The van der Waals surface area contributed by atoms with Gasteiger partial charge in [0.15, 0.2) is 0 Å². The Morgan fingerprint density at radius 2 is 2.00 bits per heavy atom. The molecule has 0 rings (SSSR count). The maximum atomic E-state index is 8.70. The molecule has 0 unspecified atom stereocenters. The number of carbonyl (C=O) groups is 1. The molecule has 0 aliphatic carbocycles. The van der Waals surface area contributed by atoms with Gasteiger partial charge in [0.25, 0.3) is 0 Å². The molecule has 0 atom stereocenters. The van der Waals surface area contributed by atoms with E-state index in [1.165, 1.54) is 0 Å². The van der Waals surface area contributed by atoms with Gasteiger partial charge in [-0.25, -0.2) is 5.26 Å². The minimum Gasteiger partial charge on any atom is -0.304 e. The van der Waals surface area contributed by atoms with Gasteiger partial charge >= 0.3 is 6.47 Å². The first-order valence-electron chi connectivity index (χ1n) is 0.654. The molecule has 0 radical (unpaired) electrons. The lowest BCUT2D eigenvalue weighted by molar-refractivity contribution is -0.217. The molecule has 3 heteroatoms. The lowest BCUT2D eigenvalue weighted by Crippen LogP contribution is -1.69. The summed E-state index contributed by atoms with van der Waals surface area (Å²) in [5, 5.41) is 7.01. The van der Waals surface area contributed by atoms with Gasteiger partial charge in [0.05, 0.1) is 0 Å². The summed E-state index contributed by atoms with van der Waals surface area (Å²) < 4.78 is 0. The number of hydrogen-bond donors (Lipinski definition) is 1. The fourth-order valence-corrected chi connectivity index (χ4v) is 0. The van der Waals surface area contributed by atoms with Crippen LogP contribution in [0, 0.1) is 0 Å². The molecule has 1 N–H and O–H groups in total. The van der Waals surface area contributed by atoms with Crippen molar-refractivity contribution < 1.29 is 14.9 Å². The van der Waals surface area contributed by atoms with Crippen LogP contribution in [0.2, 0.25) is 0 Å². The van der Waals surface area contributed by atoms with E-state index in [2.05, 4.69) is 4.89 Å². The molecule has 0 aliphatic rings. The molecule has 0 aromatic rings. The van der Waals surface area contributed by atoms with Crippen molar-refractivity contribution in [2.24, 2.45) is 0 Å². The molecule has 0 fully saturated rings. The maximum absolute atomic E-state index is 8.70. The second kappa shape index (κ2) is 9.90. The molecule has 0 saturated heterocycles. The molecule has 0 amide bonds. The van der Waals surface area contributed by atoms with E-state index in [4.69, 9.17) is 10.1 Å². The standard InChI is InChI=1S/CH2O3.CH4/c2-1-4-3;/h1,3H;1H4. The highest BCUT2D eigenvalue weighted by atomic mass is 17.1. The Morgan fingerprint density at radius 1 is 1.80 bits per heavy atom. The van der Waals surface area contributed by atoms with E-state index in [1.54, 1.807) is 0 Å². The first kappa shape index (κ1) is 8.83. The van der Waals surface area contributed by atoms with Gasteiger partial charge in [0, 0.05) is 0 Å². The Hall–Kier alpha value is -0.570. The first-order valence-corrected chi connectivity index (χ1v) is 0.654. The van der Waals surface area contributed by atoms with Crippen molar-refractivity contribution >= 4 is 6.47 Å². The molecule has 0 bridgehead atoms. The third-order valence-corrected chi connectivity index (χ3v) is 0.0430. The minimum absolute atomic E-state index is 0. The zero-order valence-electron chi connectivity index (χ0n) is 1.84. The molecule has 0 saturated carbocycles. The van der Waals surface area contributed by atoms with Crippen LogP contribution in [0.4, 0.5) is 0 Å². The monoisotopic (exact) mass is 78.0 g/mol. The molecule has 0 aromatic heterocycles. The van der Waals surface area contributed by atoms with Crippen molar-refractivity contribution in [1.29, 1.82) is 0 Å². The largest absolute Gasteiger partial charge is 0.330 e. The Kier molecular flexibility index (Phi) is 17.5. The van der Waals surface area contributed by atoms with Crippen LogP contribution in [0.1, 0.15) is 7.43 Å². The molecule has 5 heavy (non-hydrogen) atoms. The van der Waals surface area contributed by atoms with Gasteiger partial charge in [-0.1, -0.05) is 7.43 Å². The normalized spacial score (nSPS) is 4.20. The molecule has 3 nitrogen and oxygen atoms in total. The quantitative estimate of drug-likeness (QED) is 0.278. The van der Waals surface area contributed by atoms with Crippen molar-refractivity contribution in [2.45, 2.75) is 7.43 Å². The highest BCUT2D eigenvalue weighted by molar-refractivity contribution is 5.35. The Labute approximate surface area is 30.1 Å². The predicted octanol–water partition coefficient (Wildman–Crippen LogP) is 0.268. The van der Waals surface area contributed by atoms with Crippen molar-refractivity contribution in [1.82, 2.24) is 0 Å². The van der Waals surface area contributed by atoms with Crippen LogP contribution in [0.15, 0.2) is 0 Å². The fourth-order valence-electron chi connectivity index (χ4n) is 0. The average molecular weight is 78.1 g/mol. The second-order valence-corrected chi connectivity index (χ2v) is 0.202. The molecule has 0 aliphatic heterocycles. The van der Waals surface area contributed by atoms with Crippen molar-refractivity contribution in [3.8, 4) is 0 Å². The van der Waals surface area contributed by atoms with Gasteiger partial charge in [0.1, 0.15) is 0 Å². The van der Waals surface area contributed by atoms with E-state index < -0.39 is 0 Å². The number of rotatable bonds is 1. The van der Waals surface area contributed by atoms with Crippen molar-refractivity contribution in [2.75, 3.05) is 0 Å². The van der Waals surface area contributed by atoms with E-state index in [-0.39, 0.29) is 13.9 Å². The molecule has 0 spiro atoms. The van der Waals surface area contributed by atoms with E-state index in [0.29, 0.717) is 0 Å². The highest BCUT2D eigenvalue weighted by Crippen LogP contribution is 1.33. The van der Waals surface area contributed by atoms with E-state index in [1.807, 2.05) is 0 Å². The lowest BCUT2D eigenvalue weighted by Gasteiger charge is -1.63. The average Bonchev–Trinajstić information content (AvgIpc) is 1.37. The van der Waals surface area contributed by atoms with Crippen LogP contribution in [-0.2, 0) is 9.68 Å². The first-order chi connectivity index (χ1) is 1.91. The third-order valence-electron chi connectivity index (χ3n) is 0.0430. The Balaban J connectivity index is 0. The summed E-state index contributed by atoms with van der Waals surface area (Å²) in [6.45, 7) is -0.0694. The van der Waals surface area contributed by atoms with Gasteiger partial charge in [0.2, 0.25) is 0 Å². The summed E-state index contributed by atoms with van der Waals surface area (Å²) >= 11 is 0. The van der Waals surface area contributed by atoms with Crippen LogP contribution >= 0.6 is 0 Å². The van der Waals surface area contributed by atoms with Crippen LogP contribution in [0.5, 0.6) is 0 Å². The van der Waals surface area contributed by atoms with Gasteiger partial charge in [-0.05, 0) is 0 Å². The van der Waals surface area contributed by atoms with Crippen LogP contribution in [0.25, 0.3) is 0 Å². The maximum Gasteiger partial charge on any atom is 0.330 e. The zero-order valence-corrected chi connectivity index (χ0v) is 1.84. The van der Waals surface area contributed by atoms with E-state index >= 15 is 0 Å². The van der Waals surface area contributed by atoms with Crippen LogP contribution in [0.3, 0.4) is 0 Å². The summed E-state index contributed by atoms with van der Waals surface area (Å²) in [5.74, 6) is 0.